The van der Waals surface area contributed by atoms with Crippen molar-refractivity contribution < 1.29 is 22.6 Å². The highest BCUT2D eigenvalue weighted by atomic mass is 32.2. The minimum atomic E-state index is -0.654. The summed E-state index contributed by atoms with van der Waals surface area (Å²) >= 11 is 1.44. The third-order valence-corrected chi connectivity index (χ3v) is 7.95. The average molecular weight is 509 g/mol. The Kier molecular flexibility index (Phi) is 6.87. The largest absolute Gasteiger partial charge is 0.380 e. The van der Waals surface area contributed by atoms with E-state index in [1.165, 1.54) is 36.2 Å². The summed E-state index contributed by atoms with van der Waals surface area (Å²) < 4.78 is 58.0. The first-order valence-corrected chi connectivity index (χ1v) is 12.9. The van der Waals surface area contributed by atoms with E-state index in [2.05, 4.69) is 20.1 Å². The smallest absolute Gasteiger partial charge is 0.182 e. The lowest BCUT2D eigenvalue weighted by Crippen LogP contribution is -2.54. The molecule has 5 rings (SSSR count). The zero-order chi connectivity index (χ0) is 24.7. The third-order valence-electron chi connectivity index (χ3n) is 6.96. The molecule has 1 saturated heterocycles. The summed E-state index contributed by atoms with van der Waals surface area (Å²) in [4.78, 5) is 9.66. The van der Waals surface area contributed by atoms with Gasteiger partial charge in [0.15, 0.2) is 5.75 Å². The topological polar surface area (TPSA) is 43.5 Å². The van der Waals surface area contributed by atoms with Crippen LogP contribution in [0.15, 0.2) is 30.3 Å². The van der Waals surface area contributed by atoms with E-state index in [-0.39, 0.29) is 35.9 Å². The number of aromatic nitrogens is 1. The predicted octanol–water partition coefficient (Wildman–Crippen LogP) is 5.78. The van der Waals surface area contributed by atoms with Crippen LogP contribution in [0.1, 0.15) is 36.2 Å². The van der Waals surface area contributed by atoms with E-state index in [9.17, 15) is 13.3 Å². The molecule has 0 radical (unpaired) electrons. The molecule has 10 heteroatoms. The van der Waals surface area contributed by atoms with Crippen molar-refractivity contribution >= 4 is 28.5 Å². The second-order valence-electron chi connectivity index (χ2n) is 9.30. The fraction of sp³-hybridized carbons (Fsp3) is 0.440. The van der Waals surface area contributed by atoms with Crippen LogP contribution < -0.4 is 10.3 Å². The summed E-state index contributed by atoms with van der Waals surface area (Å²) in [7, 11) is 0. The maximum atomic E-state index is 15.7. The molecule has 35 heavy (non-hydrogen) atoms. The molecule has 2 aromatic carbocycles. The maximum Gasteiger partial charge on any atom is 0.182 e. The first kappa shape index (κ1) is 24.3. The minimum absolute atomic E-state index is 0.0142. The molecule has 5 nitrogen and oxygen atoms in total. The predicted molar refractivity (Wildman–Crippen MR) is 131 cm³/mol. The van der Waals surface area contributed by atoms with Crippen molar-refractivity contribution in [3.63, 3.8) is 0 Å². The Morgan fingerprint density at radius 3 is 2.71 bits per heavy atom. The molecule has 3 aromatic rings. The Labute approximate surface area is 205 Å². The Morgan fingerprint density at radius 1 is 1.20 bits per heavy atom. The number of hydrogen-bond acceptors (Lipinski definition) is 5. The number of likely N-dealkylation sites (tertiary alicyclic amines) is 1. The zero-order valence-corrected chi connectivity index (χ0v) is 20.4. The van der Waals surface area contributed by atoms with Gasteiger partial charge in [-0.25, -0.2) is 13.1 Å². The molecule has 1 fully saturated rings. The average Bonchev–Trinajstić information content (AvgIpc) is 3.16. The molecule has 188 valence electrons. The highest BCUT2D eigenvalue weighted by Gasteiger charge is 2.39. The van der Waals surface area contributed by atoms with E-state index in [4.69, 9.17) is 0 Å². The first-order chi connectivity index (χ1) is 16.9. The molecule has 2 atom stereocenters. The quantitative estimate of drug-likeness (QED) is 0.298. The van der Waals surface area contributed by atoms with Crippen molar-refractivity contribution in [3.8, 4) is 5.75 Å². The molecular formula is C25H28F4N4OS. The number of benzene rings is 2. The number of alkyl halides is 1. The number of rotatable bonds is 8. The summed E-state index contributed by atoms with van der Waals surface area (Å²) in [6.45, 7) is 3.77. The Morgan fingerprint density at radius 2 is 2.00 bits per heavy atom. The van der Waals surface area contributed by atoms with Gasteiger partial charge < -0.3 is 10.3 Å². The van der Waals surface area contributed by atoms with E-state index in [0.717, 1.165) is 16.5 Å². The van der Waals surface area contributed by atoms with E-state index < -0.39 is 11.9 Å². The van der Waals surface area contributed by atoms with Crippen LogP contribution in [0.5, 0.6) is 5.75 Å². The minimum Gasteiger partial charge on any atom is -0.380 e. The van der Waals surface area contributed by atoms with Crippen LogP contribution in [-0.2, 0) is 6.42 Å². The van der Waals surface area contributed by atoms with Crippen molar-refractivity contribution in [1.29, 1.82) is 0 Å². The number of nitrogens with one attached hydrogen (secondary N) is 2. The van der Waals surface area contributed by atoms with Crippen LogP contribution >= 0.6 is 11.9 Å². The van der Waals surface area contributed by atoms with Gasteiger partial charge in [-0.1, -0.05) is 11.9 Å². The molecule has 0 saturated carbocycles. The Hall–Kier alpha value is -2.43. The normalized spacial score (nSPS) is 21.2. The molecule has 1 aromatic heterocycles. The first-order valence-electron chi connectivity index (χ1n) is 11.7. The van der Waals surface area contributed by atoms with E-state index in [0.29, 0.717) is 43.9 Å². The Bertz CT molecular complexity index is 1220. The molecule has 0 amide bonds. The lowest BCUT2D eigenvalue weighted by Gasteiger charge is -2.40. The molecule has 2 aliphatic rings. The fourth-order valence-electron chi connectivity index (χ4n) is 5.39. The van der Waals surface area contributed by atoms with Gasteiger partial charge in [0.05, 0.1) is 24.3 Å². The van der Waals surface area contributed by atoms with Crippen molar-refractivity contribution in [2.45, 2.75) is 37.9 Å². The summed E-state index contributed by atoms with van der Waals surface area (Å²) in [6, 6.07) is 6.77. The van der Waals surface area contributed by atoms with Crippen molar-refractivity contribution in [2.24, 2.45) is 0 Å². The van der Waals surface area contributed by atoms with Gasteiger partial charge >= 0.3 is 0 Å². The van der Waals surface area contributed by atoms with Gasteiger partial charge in [0.25, 0.3) is 0 Å². The molecule has 2 N–H and O–H groups in total. The molecule has 0 aliphatic carbocycles. The molecule has 3 heterocycles. The molecule has 2 aliphatic heterocycles. The van der Waals surface area contributed by atoms with Gasteiger partial charge in [-0.2, -0.15) is 0 Å². The molecular weight excluding hydrogens is 480 g/mol. The fourth-order valence-corrected chi connectivity index (χ4v) is 6.24. The van der Waals surface area contributed by atoms with Crippen LogP contribution in [0.2, 0.25) is 0 Å². The van der Waals surface area contributed by atoms with Crippen LogP contribution in [-0.4, -0.2) is 58.8 Å². The van der Waals surface area contributed by atoms with Crippen LogP contribution in [0.25, 0.3) is 10.9 Å². The van der Waals surface area contributed by atoms with Gasteiger partial charge in [-0.05, 0) is 55.9 Å². The van der Waals surface area contributed by atoms with Crippen molar-refractivity contribution in [1.82, 2.24) is 14.2 Å². The highest BCUT2D eigenvalue weighted by Crippen LogP contribution is 2.47. The summed E-state index contributed by atoms with van der Waals surface area (Å²) in [5.41, 5.74) is 2.87. The second-order valence-corrected chi connectivity index (χ2v) is 10.1. The molecule has 1 unspecified atom stereocenters. The number of halogens is 4. The van der Waals surface area contributed by atoms with Crippen molar-refractivity contribution in [3.05, 3.63) is 58.8 Å². The summed E-state index contributed by atoms with van der Waals surface area (Å²) in [6.07, 6.45) is 3.03. The molecule has 0 spiro atoms. The summed E-state index contributed by atoms with van der Waals surface area (Å²) in [5.74, 6) is -1.13. The van der Waals surface area contributed by atoms with Crippen molar-refractivity contribution in [2.75, 3.05) is 37.9 Å². The number of H-pyrrole nitrogens is 1. The number of anilines is 1. The van der Waals surface area contributed by atoms with Crippen LogP contribution in [0, 0.1) is 11.6 Å². The second kappa shape index (κ2) is 9.91. The van der Waals surface area contributed by atoms with Gasteiger partial charge in [0.1, 0.15) is 11.6 Å². The number of aromatic amines is 1. The SMILES string of the molecule is CSN1C(C)Cc2c([nH]c3ccc(F)cc23)[C@H]1c1c(F)cc(NC2CN(CCCF)C2)cc1OF. The van der Waals surface area contributed by atoms with Gasteiger partial charge in [0, 0.05) is 58.6 Å². The van der Waals surface area contributed by atoms with Crippen LogP contribution in [0.4, 0.5) is 23.4 Å². The monoisotopic (exact) mass is 508 g/mol. The van der Waals surface area contributed by atoms with E-state index >= 15 is 4.39 Å². The Balaban J connectivity index is 1.50. The maximum absolute atomic E-state index is 15.7. The van der Waals surface area contributed by atoms with Crippen LogP contribution in [0.3, 0.4) is 0 Å². The number of fused-ring (bicyclic) bond motifs is 3. The zero-order valence-electron chi connectivity index (χ0n) is 19.6. The number of nitrogens with zero attached hydrogens (tertiary/aromatic N) is 2. The highest BCUT2D eigenvalue weighted by molar-refractivity contribution is 7.96. The van der Waals surface area contributed by atoms with E-state index in [1.54, 1.807) is 6.07 Å². The molecule has 0 bridgehead atoms. The standard InChI is InChI=1S/C25H28F4N4OS/c1-14-8-19-18-9-15(27)4-5-21(18)31-24(19)25(33(14)35-2)23-20(28)10-16(11-22(23)34-29)30-17-12-32(13-17)7-3-6-26/h4-5,9-11,14,17,25,30-31H,3,6-8,12-13H2,1-2H3/t14?,25-/m1/s1. The summed E-state index contributed by atoms with van der Waals surface area (Å²) in [5, 5.41) is 3.97. The van der Waals surface area contributed by atoms with Gasteiger partial charge in [0.2, 0.25) is 0 Å². The lowest BCUT2D eigenvalue weighted by molar-refractivity contribution is -0.00876. The van der Waals surface area contributed by atoms with E-state index in [1.807, 2.05) is 17.5 Å². The number of hydrogen-bond donors (Lipinski definition) is 2. The van der Waals surface area contributed by atoms with Gasteiger partial charge in [-0.15, -0.1) is 0 Å². The third kappa shape index (κ3) is 4.47. The lowest BCUT2D eigenvalue weighted by atomic mass is 9.90. The van der Waals surface area contributed by atoms with Gasteiger partial charge in [-0.3, -0.25) is 14.2 Å².